The van der Waals surface area contributed by atoms with Crippen molar-refractivity contribution in [2.24, 2.45) is 0 Å². The quantitative estimate of drug-likeness (QED) is 0.853. The van der Waals surface area contributed by atoms with Crippen molar-refractivity contribution in [3.05, 3.63) is 42.0 Å². The summed E-state index contributed by atoms with van der Waals surface area (Å²) in [6.45, 7) is 1.93. The van der Waals surface area contributed by atoms with Crippen LogP contribution < -0.4 is 11.1 Å². The van der Waals surface area contributed by atoms with E-state index in [1.807, 2.05) is 6.92 Å². The normalized spacial score (nSPS) is 10.2. The fraction of sp³-hybridized carbons (Fsp3) is 0.167. The van der Waals surface area contributed by atoms with Gasteiger partial charge in [0.2, 0.25) is 0 Å². The van der Waals surface area contributed by atoms with Crippen molar-refractivity contribution in [2.45, 2.75) is 13.3 Å². The molecule has 2 aromatic rings. The zero-order chi connectivity index (χ0) is 12.3. The summed E-state index contributed by atoms with van der Waals surface area (Å²) >= 11 is 0. The third-order valence-corrected chi connectivity index (χ3v) is 2.25. The van der Waals surface area contributed by atoms with Crippen LogP contribution in [0.3, 0.4) is 0 Å². The van der Waals surface area contributed by atoms with E-state index in [2.05, 4.69) is 15.3 Å². The van der Waals surface area contributed by atoms with Gasteiger partial charge in [0.1, 0.15) is 23.3 Å². The fourth-order valence-corrected chi connectivity index (χ4v) is 1.44. The molecule has 0 spiro atoms. The van der Waals surface area contributed by atoms with Crippen molar-refractivity contribution in [2.75, 3.05) is 11.1 Å². The van der Waals surface area contributed by atoms with E-state index in [0.29, 0.717) is 29.6 Å². The van der Waals surface area contributed by atoms with Crippen LogP contribution in [-0.2, 0) is 6.42 Å². The summed E-state index contributed by atoms with van der Waals surface area (Å²) in [6, 6.07) is 7.97. The first kappa shape index (κ1) is 11.3. The Hall–Kier alpha value is -2.17. The van der Waals surface area contributed by atoms with Crippen molar-refractivity contribution >= 4 is 17.3 Å². The Kier molecular flexibility index (Phi) is 3.18. The third-order valence-electron chi connectivity index (χ3n) is 2.25. The van der Waals surface area contributed by atoms with Gasteiger partial charge in [-0.05, 0) is 12.1 Å². The maximum absolute atomic E-state index is 13.4. The van der Waals surface area contributed by atoms with E-state index in [1.54, 1.807) is 24.3 Å². The van der Waals surface area contributed by atoms with Crippen LogP contribution in [-0.4, -0.2) is 9.97 Å². The van der Waals surface area contributed by atoms with E-state index < -0.39 is 0 Å². The van der Waals surface area contributed by atoms with Crippen molar-refractivity contribution in [3.63, 3.8) is 0 Å². The maximum Gasteiger partial charge on any atom is 0.146 e. The lowest BCUT2D eigenvalue weighted by atomic mass is 10.3. The lowest BCUT2D eigenvalue weighted by Gasteiger charge is -2.08. The molecule has 0 fully saturated rings. The molecule has 0 radical (unpaired) electrons. The summed E-state index contributed by atoms with van der Waals surface area (Å²) in [5.41, 5.74) is 6.01. The maximum atomic E-state index is 13.4. The highest BCUT2D eigenvalue weighted by molar-refractivity contribution is 5.58. The minimum absolute atomic E-state index is 0.331. The summed E-state index contributed by atoms with van der Waals surface area (Å²) in [5, 5.41) is 2.88. The molecule has 0 unspecified atom stereocenters. The van der Waals surface area contributed by atoms with E-state index in [9.17, 15) is 4.39 Å². The number of nitrogens with zero attached hydrogens (tertiary/aromatic N) is 2. The Morgan fingerprint density at radius 3 is 2.76 bits per heavy atom. The van der Waals surface area contributed by atoms with Crippen LogP contribution in [0.1, 0.15) is 12.7 Å². The molecule has 88 valence electrons. The first-order chi connectivity index (χ1) is 8.19. The van der Waals surface area contributed by atoms with Crippen molar-refractivity contribution < 1.29 is 4.39 Å². The molecule has 5 heteroatoms. The molecule has 1 aromatic carbocycles. The molecule has 1 heterocycles. The number of anilines is 3. The average Bonchev–Trinajstić information content (AvgIpc) is 2.31. The number of hydrogen-bond acceptors (Lipinski definition) is 4. The molecule has 1 aromatic heterocycles. The van der Waals surface area contributed by atoms with Gasteiger partial charge in [-0.25, -0.2) is 14.4 Å². The summed E-state index contributed by atoms with van der Waals surface area (Å²) in [4.78, 5) is 8.27. The average molecular weight is 232 g/mol. The predicted octanol–water partition coefficient (Wildman–Crippen LogP) is 2.50. The molecule has 4 nitrogen and oxygen atoms in total. The topological polar surface area (TPSA) is 63.8 Å². The standard InChI is InChI=1S/C12H13FN4/c1-2-11-16-10(14)7-12(17-11)15-9-6-4-3-5-8(9)13/h3-7H,2H2,1H3,(H3,14,15,16,17). The number of rotatable bonds is 3. The zero-order valence-electron chi connectivity index (χ0n) is 9.44. The summed E-state index contributed by atoms with van der Waals surface area (Å²) in [6.07, 6.45) is 0.678. The number of halogens is 1. The Bertz CT molecular complexity index is 528. The number of nitrogens with one attached hydrogen (secondary N) is 1. The highest BCUT2D eigenvalue weighted by Gasteiger charge is 2.04. The van der Waals surface area contributed by atoms with Gasteiger partial charge in [-0.2, -0.15) is 0 Å². The van der Waals surface area contributed by atoms with Crippen LogP contribution in [0, 0.1) is 5.82 Å². The molecule has 2 rings (SSSR count). The first-order valence-electron chi connectivity index (χ1n) is 5.34. The largest absolute Gasteiger partial charge is 0.384 e. The molecule has 0 atom stereocenters. The van der Waals surface area contributed by atoms with Crippen molar-refractivity contribution in [3.8, 4) is 0 Å². The van der Waals surface area contributed by atoms with Gasteiger partial charge in [0.25, 0.3) is 0 Å². The molecular weight excluding hydrogens is 219 g/mol. The van der Waals surface area contributed by atoms with Crippen molar-refractivity contribution in [1.29, 1.82) is 0 Å². The van der Waals surface area contributed by atoms with E-state index >= 15 is 0 Å². The van der Waals surface area contributed by atoms with Crippen LogP contribution in [0.2, 0.25) is 0 Å². The summed E-state index contributed by atoms with van der Waals surface area (Å²) < 4.78 is 13.4. The summed E-state index contributed by atoms with van der Waals surface area (Å²) in [5.74, 6) is 1.17. The first-order valence-corrected chi connectivity index (χ1v) is 5.34. The second-order valence-corrected chi connectivity index (χ2v) is 3.55. The lowest BCUT2D eigenvalue weighted by Crippen LogP contribution is -2.03. The van der Waals surface area contributed by atoms with Gasteiger partial charge >= 0.3 is 0 Å². The molecular formula is C12H13FN4. The Labute approximate surface area is 98.7 Å². The van der Waals surface area contributed by atoms with Gasteiger partial charge in [-0.3, -0.25) is 0 Å². The number of benzene rings is 1. The highest BCUT2D eigenvalue weighted by Crippen LogP contribution is 2.19. The number of para-hydroxylation sites is 1. The zero-order valence-corrected chi connectivity index (χ0v) is 9.44. The number of hydrogen-bond donors (Lipinski definition) is 2. The van der Waals surface area contributed by atoms with Crippen LogP contribution in [0.4, 0.5) is 21.7 Å². The van der Waals surface area contributed by atoms with Gasteiger partial charge in [0.05, 0.1) is 5.69 Å². The highest BCUT2D eigenvalue weighted by atomic mass is 19.1. The second-order valence-electron chi connectivity index (χ2n) is 3.55. The second kappa shape index (κ2) is 4.78. The van der Waals surface area contributed by atoms with Crippen LogP contribution >= 0.6 is 0 Å². The van der Waals surface area contributed by atoms with Crippen LogP contribution in [0.5, 0.6) is 0 Å². The van der Waals surface area contributed by atoms with Gasteiger partial charge in [0.15, 0.2) is 0 Å². The molecule has 0 aliphatic carbocycles. The monoisotopic (exact) mass is 232 g/mol. The molecule has 0 amide bonds. The third kappa shape index (κ3) is 2.69. The lowest BCUT2D eigenvalue weighted by molar-refractivity contribution is 0.632. The van der Waals surface area contributed by atoms with Gasteiger partial charge < -0.3 is 11.1 Å². The Morgan fingerprint density at radius 2 is 2.06 bits per heavy atom. The SMILES string of the molecule is CCc1nc(N)cc(Nc2ccccc2F)n1. The number of nitrogen functional groups attached to an aromatic ring is 1. The Balaban J connectivity index is 2.30. The molecule has 3 N–H and O–H groups in total. The molecule has 0 saturated heterocycles. The minimum Gasteiger partial charge on any atom is -0.384 e. The predicted molar refractivity (Wildman–Crippen MR) is 65.5 cm³/mol. The fourth-order valence-electron chi connectivity index (χ4n) is 1.44. The number of nitrogens with two attached hydrogens (primary N) is 1. The van der Waals surface area contributed by atoms with E-state index in [4.69, 9.17) is 5.73 Å². The van der Waals surface area contributed by atoms with Gasteiger partial charge in [-0.1, -0.05) is 19.1 Å². The smallest absolute Gasteiger partial charge is 0.146 e. The van der Waals surface area contributed by atoms with Crippen molar-refractivity contribution in [1.82, 2.24) is 9.97 Å². The van der Waals surface area contributed by atoms with E-state index in [1.165, 1.54) is 6.07 Å². The van der Waals surface area contributed by atoms with E-state index in [-0.39, 0.29) is 5.82 Å². The van der Waals surface area contributed by atoms with E-state index in [0.717, 1.165) is 0 Å². The molecule has 0 bridgehead atoms. The van der Waals surface area contributed by atoms with Crippen LogP contribution in [0.15, 0.2) is 30.3 Å². The van der Waals surface area contributed by atoms with Gasteiger partial charge in [0, 0.05) is 12.5 Å². The van der Waals surface area contributed by atoms with Crippen LogP contribution in [0.25, 0.3) is 0 Å². The molecule has 0 saturated carbocycles. The van der Waals surface area contributed by atoms with Gasteiger partial charge in [-0.15, -0.1) is 0 Å². The minimum atomic E-state index is -0.331. The number of aryl methyl sites for hydroxylation is 1. The molecule has 0 aliphatic heterocycles. The molecule has 17 heavy (non-hydrogen) atoms. The summed E-state index contributed by atoms with van der Waals surface area (Å²) in [7, 11) is 0. The molecule has 0 aliphatic rings. The number of aromatic nitrogens is 2. The Morgan fingerprint density at radius 1 is 1.29 bits per heavy atom.